The first-order chi connectivity index (χ1) is 15.0. The van der Waals surface area contributed by atoms with Crippen LogP contribution in [0.4, 0.5) is 5.82 Å². The van der Waals surface area contributed by atoms with E-state index in [0.29, 0.717) is 23.0 Å². The predicted octanol–water partition coefficient (Wildman–Crippen LogP) is 2.42. The minimum Gasteiger partial charge on any atom is -0.493 e. The van der Waals surface area contributed by atoms with Crippen LogP contribution in [0.25, 0.3) is 12.0 Å². The van der Waals surface area contributed by atoms with E-state index in [1.807, 2.05) is 6.07 Å². The Labute approximate surface area is 178 Å². The number of nitrogens with zero attached hydrogens (tertiary/aromatic N) is 3. The van der Waals surface area contributed by atoms with Gasteiger partial charge >= 0.3 is 0 Å². The van der Waals surface area contributed by atoms with Gasteiger partial charge < -0.3 is 14.8 Å². The summed E-state index contributed by atoms with van der Waals surface area (Å²) in [7, 11) is 3.12. The molecule has 1 aromatic carbocycles. The number of benzene rings is 1. The zero-order chi connectivity index (χ0) is 22.0. The van der Waals surface area contributed by atoms with Crippen molar-refractivity contribution in [2.24, 2.45) is 0 Å². The number of ether oxygens (including phenoxy) is 2. The van der Waals surface area contributed by atoms with Crippen LogP contribution >= 0.6 is 0 Å². The number of hydrogen-bond donors (Lipinski definition) is 2. The Hall–Kier alpha value is -3.88. The molecule has 0 atom stereocenters. The molecule has 1 aliphatic carbocycles. The van der Waals surface area contributed by atoms with Crippen molar-refractivity contribution in [2.75, 3.05) is 19.5 Å². The molecule has 9 nitrogen and oxygen atoms in total. The van der Waals surface area contributed by atoms with Gasteiger partial charge in [-0.3, -0.25) is 14.6 Å². The highest BCUT2D eigenvalue weighted by molar-refractivity contribution is 6.01. The lowest BCUT2D eigenvalue weighted by molar-refractivity contribution is -0.111. The summed E-state index contributed by atoms with van der Waals surface area (Å²) in [5, 5.41) is 7.17. The maximum Gasteiger partial charge on any atom is 0.255 e. The second-order valence-corrected chi connectivity index (χ2v) is 7.19. The molecule has 0 unspecified atom stereocenters. The molecule has 2 N–H and O–H groups in total. The molecule has 160 valence electrons. The van der Waals surface area contributed by atoms with Gasteiger partial charge in [0.2, 0.25) is 11.9 Å². The van der Waals surface area contributed by atoms with E-state index in [9.17, 15) is 9.59 Å². The summed E-state index contributed by atoms with van der Waals surface area (Å²) < 4.78 is 11.9. The third-order valence-corrected chi connectivity index (χ3v) is 5.05. The Morgan fingerprint density at radius 3 is 2.77 bits per heavy atom. The molecule has 0 bridgehead atoms. The smallest absolute Gasteiger partial charge is 0.255 e. The van der Waals surface area contributed by atoms with Crippen molar-refractivity contribution in [1.29, 1.82) is 0 Å². The van der Waals surface area contributed by atoms with Gasteiger partial charge in [-0.2, -0.15) is 9.78 Å². The summed E-state index contributed by atoms with van der Waals surface area (Å²) in [6.45, 7) is 1.80. The molecular weight excluding hydrogens is 398 g/mol. The zero-order valence-corrected chi connectivity index (χ0v) is 17.6. The SMILES string of the molecule is COc1ccc(C=CC(=O)Nc2cc(C)nn2-c2nc3c(c(=O)[nH]2)CCC3)cc1OC. The van der Waals surface area contributed by atoms with E-state index in [1.54, 1.807) is 45.4 Å². The molecule has 0 saturated carbocycles. The number of hydrogen-bond acceptors (Lipinski definition) is 6. The van der Waals surface area contributed by atoms with Gasteiger partial charge in [-0.15, -0.1) is 0 Å². The number of carbonyl (C=O) groups is 1. The van der Waals surface area contributed by atoms with Crippen molar-refractivity contribution in [3.63, 3.8) is 0 Å². The molecule has 0 radical (unpaired) electrons. The van der Waals surface area contributed by atoms with Gasteiger partial charge in [0.15, 0.2) is 11.5 Å². The van der Waals surface area contributed by atoms with Crippen LogP contribution in [0.1, 0.15) is 28.9 Å². The summed E-state index contributed by atoms with van der Waals surface area (Å²) in [6.07, 6.45) is 5.49. The van der Waals surface area contributed by atoms with Gasteiger partial charge in [0, 0.05) is 17.7 Å². The minimum atomic E-state index is -0.348. The third kappa shape index (κ3) is 4.20. The zero-order valence-electron chi connectivity index (χ0n) is 17.6. The normalized spacial score (nSPS) is 12.7. The van der Waals surface area contributed by atoms with Crippen LogP contribution in [0.15, 0.2) is 35.1 Å². The van der Waals surface area contributed by atoms with E-state index in [-0.39, 0.29) is 17.4 Å². The lowest BCUT2D eigenvalue weighted by Gasteiger charge is -2.08. The lowest BCUT2D eigenvalue weighted by atomic mass is 10.2. The first-order valence-corrected chi connectivity index (χ1v) is 9.88. The van der Waals surface area contributed by atoms with E-state index in [0.717, 1.165) is 36.1 Å². The Morgan fingerprint density at radius 2 is 2.00 bits per heavy atom. The Balaban J connectivity index is 1.56. The van der Waals surface area contributed by atoms with Crippen molar-refractivity contribution >= 4 is 17.8 Å². The van der Waals surface area contributed by atoms with Crippen LogP contribution in [0, 0.1) is 6.92 Å². The molecule has 2 aromatic heterocycles. The fourth-order valence-corrected chi connectivity index (χ4v) is 3.58. The molecule has 4 rings (SSSR count). The third-order valence-electron chi connectivity index (χ3n) is 5.05. The second kappa shape index (κ2) is 8.47. The average Bonchev–Trinajstić information content (AvgIpc) is 3.38. The lowest BCUT2D eigenvalue weighted by Crippen LogP contribution is -2.20. The Kier molecular flexibility index (Phi) is 5.57. The summed E-state index contributed by atoms with van der Waals surface area (Å²) in [4.78, 5) is 32.2. The van der Waals surface area contributed by atoms with Crippen molar-refractivity contribution in [2.45, 2.75) is 26.2 Å². The molecule has 0 aliphatic heterocycles. The Morgan fingerprint density at radius 1 is 1.19 bits per heavy atom. The number of amides is 1. The highest BCUT2D eigenvalue weighted by Crippen LogP contribution is 2.28. The number of nitrogens with one attached hydrogen (secondary N) is 2. The van der Waals surface area contributed by atoms with Gasteiger partial charge in [-0.05, 0) is 50.0 Å². The number of carbonyl (C=O) groups excluding carboxylic acids is 1. The van der Waals surface area contributed by atoms with E-state index in [4.69, 9.17) is 9.47 Å². The van der Waals surface area contributed by atoms with Gasteiger partial charge in [-0.25, -0.2) is 4.98 Å². The Bertz CT molecular complexity index is 1230. The summed E-state index contributed by atoms with van der Waals surface area (Å²) in [5.74, 6) is 1.54. The predicted molar refractivity (Wildman–Crippen MR) is 116 cm³/mol. The van der Waals surface area contributed by atoms with E-state index in [1.165, 1.54) is 10.8 Å². The molecular formula is C22H23N5O4. The quantitative estimate of drug-likeness (QED) is 0.592. The minimum absolute atomic E-state index is 0.156. The van der Waals surface area contributed by atoms with Crippen molar-refractivity contribution in [1.82, 2.24) is 19.7 Å². The number of aryl methyl sites for hydroxylation is 2. The highest BCUT2D eigenvalue weighted by atomic mass is 16.5. The molecule has 0 saturated heterocycles. The number of H-pyrrole nitrogens is 1. The molecule has 3 aromatic rings. The number of aromatic nitrogens is 4. The number of methoxy groups -OCH3 is 2. The van der Waals surface area contributed by atoms with Crippen molar-refractivity contribution in [3.8, 4) is 17.4 Å². The van der Waals surface area contributed by atoms with Gasteiger partial charge in [0.1, 0.15) is 5.82 Å². The summed E-state index contributed by atoms with van der Waals surface area (Å²) in [6, 6.07) is 7.08. The largest absolute Gasteiger partial charge is 0.493 e. The number of rotatable bonds is 6. The van der Waals surface area contributed by atoms with Crippen LogP contribution in [0.3, 0.4) is 0 Å². The van der Waals surface area contributed by atoms with Crippen molar-refractivity contribution in [3.05, 3.63) is 63.2 Å². The summed E-state index contributed by atoms with van der Waals surface area (Å²) >= 11 is 0. The van der Waals surface area contributed by atoms with Crippen LogP contribution in [-0.4, -0.2) is 39.9 Å². The number of aromatic amines is 1. The average molecular weight is 421 g/mol. The standard InChI is InChI=1S/C22H23N5O4/c1-13-11-19(27(26-13)22-23-16-6-4-5-15(16)21(29)25-22)24-20(28)10-8-14-7-9-17(30-2)18(12-14)31-3/h7-12H,4-6H2,1-3H3,(H,24,28)(H,23,25,29). The first-order valence-electron chi connectivity index (χ1n) is 9.88. The highest BCUT2D eigenvalue weighted by Gasteiger charge is 2.19. The van der Waals surface area contributed by atoms with E-state index < -0.39 is 0 Å². The van der Waals surface area contributed by atoms with Crippen LogP contribution in [-0.2, 0) is 17.6 Å². The maximum absolute atomic E-state index is 12.5. The molecule has 9 heteroatoms. The van der Waals surface area contributed by atoms with Crippen LogP contribution in [0.5, 0.6) is 11.5 Å². The van der Waals surface area contributed by atoms with Gasteiger partial charge in [-0.1, -0.05) is 6.07 Å². The second-order valence-electron chi connectivity index (χ2n) is 7.19. The maximum atomic E-state index is 12.5. The van der Waals surface area contributed by atoms with Gasteiger partial charge in [0.05, 0.1) is 25.6 Å². The molecule has 1 aliphatic rings. The molecule has 0 fully saturated rings. The fraction of sp³-hybridized carbons (Fsp3) is 0.273. The molecule has 31 heavy (non-hydrogen) atoms. The fourth-order valence-electron chi connectivity index (χ4n) is 3.58. The number of fused-ring (bicyclic) bond motifs is 1. The van der Waals surface area contributed by atoms with Crippen molar-refractivity contribution < 1.29 is 14.3 Å². The van der Waals surface area contributed by atoms with E-state index >= 15 is 0 Å². The van der Waals surface area contributed by atoms with Gasteiger partial charge in [0.25, 0.3) is 5.56 Å². The monoisotopic (exact) mass is 421 g/mol. The molecule has 2 heterocycles. The molecule has 1 amide bonds. The van der Waals surface area contributed by atoms with Crippen LogP contribution < -0.4 is 20.3 Å². The van der Waals surface area contributed by atoms with E-state index in [2.05, 4.69) is 20.4 Å². The van der Waals surface area contributed by atoms with Crippen LogP contribution in [0.2, 0.25) is 0 Å². The topological polar surface area (TPSA) is 111 Å². The summed E-state index contributed by atoms with van der Waals surface area (Å²) in [5.41, 5.74) is 2.83. The molecule has 0 spiro atoms. The first kappa shape index (κ1) is 20.4. The number of anilines is 1.